The van der Waals surface area contributed by atoms with E-state index in [1.807, 2.05) is 20.8 Å². The predicted molar refractivity (Wildman–Crippen MR) is 63.0 cm³/mol. The molecule has 0 spiro atoms. The number of carbonyl (C=O) groups is 1. The number of hydrogen-bond acceptors (Lipinski definition) is 3. The van der Waals surface area contributed by atoms with Crippen LogP contribution in [0.25, 0.3) is 0 Å². The van der Waals surface area contributed by atoms with Crippen LogP contribution in [0.15, 0.2) is 18.5 Å². The van der Waals surface area contributed by atoms with Crippen molar-refractivity contribution in [3.8, 4) is 0 Å². The molecule has 1 unspecified atom stereocenters. The molecule has 0 bridgehead atoms. The Labute approximate surface area is 95.7 Å². The standard InChI is InChI=1S/C12H18N2O2/c1-8(15)9-7-13-6-5-10(9)14-11(16)12(2,3)4/h5-8,15H,1-4H3,(H,13,14,16). The molecule has 1 aromatic heterocycles. The number of aliphatic hydroxyl groups excluding tert-OH is 1. The molecular formula is C12H18N2O2. The van der Waals surface area contributed by atoms with Crippen LogP contribution >= 0.6 is 0 Å². The van der Waals surface area contributed by atoms with E-state index in [1.54, 1.807) is 25.4 Å². The molecule has 0 aliphatic carbocycles. The zero-order chi connectivity index (χ0) is 12.3. The van der Waals surface area contributed by atoms with Crippen LogP contribution < -0.4 is 5.32 Å². The maximum Gasteiger partial charge on any atom is 0.229 e. The Hall–Kier alpha value is -1.42. The van der Waals surface area contributed by atoms with Crippen LogP contribution in [0.4, 0.5) is 5.69 Å². The zero-order valence-electron chi connectivity index (χ0n) is 10.1. The minimum absolute atomic E-state index is 0.0828. The minimum Gasteiger partial charge on any atom is -0.389 e. The van der Waals surface area contributed by atoms with Gasteiger partial charge in [0.1, 0.15) is 0 Å². The van der Waals surface area contributed by atoms with E-state index in [4.69, 9.17) is 0 Å². The molecule has 0 aliphatic heterocycles. The van der Waals surface area contributed by atoms with E-state index in [1.165, 1.54) is 0 Å². The van der Waals surface area contributed by atoms with Gasteiger partial charge >= 0.3 is 0 Å². The van der Waals surface area contributed by atoms with E-state index in [-0.39, 0.29) is 5.91 Å². The maximum atomic E-state index is 11.8. The SMILES string of the molecule is CC(O)c1cnccc1NC(=O)C(C)(C)C. The van der Waals surface area contributed by atoms with E-state index in [9.17, 15) is 9.90 Å². The topological polar surface area (TPSA) is 62.2 Å². The summed E-state index contributed by atoms with van der Waals surface area (Å²) >= 11 is 0. The Morgan fingerprint density at radius 2 is 2.12 bits per heavy atom. The fraction of sp³-hybridized carbons (Fsp3) is 0.500. The van der Waals surface area contributed by atoms with Gasteiger partial charge in [0.2, 0.25) is 5.91 Å². The first-order valence-corrected chi connectivity index (χ1v) is 5.26. The summed E-state index contributed by atoms with van der Waals surface area (Å²) in [6.45, 7) is 7.16. The number of carbonyl (C=O) groups excluding carboxylic acids is 1. The highest BCUT2D eigenvalue weighted by molar-refractivity contribution is 5.95. The number of amides is 1. The van der Waals surface area contributed by atoms with Crippen molar-refractivity contribution in [3.63, 3.8) is 0 Å². The second-order valence-corrected chi connectivity index (χ2v) is 4.84. The lowest BCUT2D eigenvalue weighted by atomic mass is 9.95. The molecule has 0 saturated heterocycles. The Morgan fingerprint density at radius 1 is 1.50 bits per heavy atom. The molecule has 4 heteroatoms. The van der Waals surface area contributed by atoms with Crippen LogP contribution in [0.5, 0.6) is 0 Å². The van der Waals surface area contributed by atoms with Gasteiger partial charge < -0.3 is 10.4 Å². The molecule has 0 radical (unpaired) electrons. The van der Waals surface area contributed by atoms with E-state index < -0.39 is 11.5 Å². The molecule has 0 saturated carbocycles. The van der Waals surface area contributed by atoms with Gasteiger partial charge in [-0.05, 0) is 13.0 Å². The molecule has 1 heterocycles. The highest BCUT2D eigenvalue weighted by atomic mass is 16.3. The number of aromatic nitrogens is 1. The Bertz CT molecular complexity index is 381. The van der Waals surface area contributed by atoms with Crippen LogP contribution in [0.2, 0.25) is 0 Å². The van der Waals surface area contributed by atoms with Gasteiger partial charge in [-0.3, -0.25) is 9.78 Å². The van der Waals surface area contributed by atoms with Gasteiger partial charge in [-0.15, -0.1) is 0 Å². The van der Waals surface area contributed by atoms with Crippen LogP contribution in [0.1, 0.15) is 39.4 Å². The monoisotopic (exact) mass is 222 g/mol. The van der Waals surface area contributed by atoms with Gasteiger partial charge in [0.05, 0.1) is 6.10 Å². The smallest absolute Gasteiger partial charge is 0.229 e. The first-order chi connectivity index (χ1) is 7.32. The summed E-state index contributed by atoms with van der Waals surface area (Å²) in [6.07, 6.45) is 2.50. The van der Waals surface area contributed by atoms with Crippen molar-refractivity contribution in [2.24, 2.45) is 5.41 Å². The molecule has 2 N–H and O–H groups in total. The number of anilines is 1. The molecule has 1 aromatic rings. The Morgan fingerprint density at radius 3 is 2.62 bits per heavy atom. The van der Waals surface area contributed by atoms with Crippen LogP contribution in [-0.2, 0) is 4.79 Å². The van der Waals surface area contributed by atoms with Gasteiger partial charge in [0.25, 0.3) is 0 Å². The van der Waals surface area contributed by atoms with Crippen molar-refractivity contribution < 1.29 is 9.90 Å². The summed E-state index contributed by atoms with van der Waals surface area (Å²) in [7, 11) is 0. The van der Waals surface area contributed by atoms with Gasteiger partial charge in [-0.1, -0.05) is 20.8 Å². The predicted octanol–water partition coefficient (Wildman–Crippen LogP) is 2.12. The van der Waals surface area contributed by atoms with Crippen molar-refractivity contribution in [2.45, 2.75) is 33.8 Å². The van der Waals surface area contributed by atoms with Crippen molar-refractivity contribution in [2.75, 3.05) is 5.32 Å². The summed E-state index contributed by atoms with van der Waals surface area (Å²) < 4.78 is 0. The minimum atomic E-state index is -0.649. The summed E-state index contributed by atoms with van der Waals surface area (Å²) in [5.41, 5.74) is 0.782. The maximum absolute atomic E-state index is 11.8. The lowest BCUT2D eigenvalue weighted by Crippen LogP contribution is -2.28. The van der Waals surface area contributed by atoms with Crippen LogP contribution in [0, 0.1) is 5.41 Å². The molecule has 4 nitrogen and oxygen atoms in total. The molecule has 1 rings (SSSR count). The second-order valence-electron chi connectivity index (χ2n) is 4.84. The zero-order valence-corrected chi connectivity index (χ0v) is 10.1. The lowest BCUT2D eigenvalue weighted by Gasteiger charge is -2.19. The van der Waals surface area contributed by atoms with Gasteiger partial charge in [-0.25, -0.2) is 0 Å². The second kappa shape index (κ2) is 4.61. The Balaban J connectivity index is 2.94. The van der Waals surface area contributed by atoms with E-state index in [0.717, 1.165) is 0 Å². The number of rotatable bonds is 2. The van der Waals surface area contributed by atoms with Crippen molar-refractivity contribution in [3.05, 3.63) is 24.0 Å². The first-order valence-electron chi connectivity index (χ1n) is 5.26. The molecule has 0 aromatic carbocycles. The first kappa shape index (κ1) is 12.6. The van der Waals surface area contributed by atoms with Gasteiger partial charge in [0, 0.05) is 29.1 Å². The van der Waals surface area contributed by atoms with E-state index in [2.05, 4.69) is 10.3 Å². The van der Waals surface area contributed by atoms with Gasteiger partial charge in [-0.2, -0.15) is 0 Å². The number of hydrogen-bond donors (Lipinski definition) is 2. The lowest BCUT2D eigenvalue weighted by molar-refractivity contribution is -0.123. The summed E-state index contributed by atoms with van der Waals surface area (Å²) in [5.74, 6) is -0.0828. The fourth-order valence-electron chi connectivity index (χ4n) is 1.16. The van der Waals surface area contributed by atoms with E-state index >= 15 is 0 Å². The van der Waals surface area contributed by atoms with Crippen LogP contribution in [0.3, 0.4) is 0 Å². The Kier molecular flexibility index (Phi) is 3.65. The summed E-state index contributed by atoms with van der Waals surface area (Å²) in [5, 5.41) is 12.3. The van der Waals surface area contributed by atoms with Crippen molar-refractivity contribution in [1.82, 2.24) is 4.98 Å². The van der Waals surface area contributed by atoms with Crippen LogP contribution in [-0.4, -0.2) is 16.0 Å². The quantitative estimate of drug-likeness (QED) is 0.805. The highest BCUT2D eigenvalue weighted by Crippen LogP contribution is 2.23. The molecular weight excluding hydrogens is 204 g/mol. The highest BCUT2D eigenvalue weighted by Gasteiger charge is 2.22. The fourth-order valence-corrected chi connectivity index (χ4v) is 1.16. The normalized spacial score (nSPS) is 13.3. The molecule has 16 heavy (non-hydrogen) atoms. The van der Waals surface area contributed by atoms with Gasteiger partial charge in [0.15, 0.2) is 0 Å². The molecule has 0 fully saturated rings. The number of pyridine rings is 1. The van der Waals surface area contributed by atoms with E-state index in [0.29, 0.717) is 11.3 Å². The average molecular weight is 222 g/mol. The largest absolute Gasteiger partial charge is 0.389 e. The van der Waals surface area contributed by atoms with Crippen molar-refractivity contribution >= 4 is 11.6 Å². The molecule has 0 aliphatic rings. The summed E-state index contributed by atoms with van der Waals surface area (Å²) in [6, 6.07) is 1.69. The van der Waals surface area contributed by atoms with Crippen molar-refractivity contribution in [1.29, 1.82) is 0 Å². The third-order valence-corrected chi connectivity index (χ3v) is 2.23. The molecule has 1 amide bonds. The third-order valence-electron chi connectivity index (χ3n) is 2.23. The number of nitrogens with zero attached hydrogens (tertiary/aromatic N) is 1. The number of nitrogens with one attached hydrogen (secondary N) is 1. The number of aliphatic hydroxyl groups is 1. The summed E-state index contributed by atoms with van der Waals surface area (Å²) in [4.78, 5) is 15.7. The molecule has 88 valence electrons. The molecule has 1 atom stereocenters. The third kappa shape index (κ3) is 3.03. The average Bonchev–Trinajstić information content (AvgIpc) is 2.16.